The predicted molar refractivity (Wildman–Crippen MR) is 95.0 cm³/mol. The van der Waals surface area contributed by atoms with Crippen molar-refractivity contribution in [2.24, 2.45) is 5.10 Å². The normalized spacial score (nSPS) is 11.1. The molecule has 2 heterocycles. The molecule has 25 heavy (non-hydrogen) atoms. The topological polar surface area (TPSA) is 99.5 Å². The number of carboxylic acid groups (broad SMARTS) is 1. The van der Waals surface area contributed by atoms with Gasteiger partial charge >= 0.3 is 0 Å². The molecular formula is C17H15N4O3S-. The average Bonchev–Trinajstić information content (AvgIpc) is 2.89. The number of hydrazone groups is 1. The zero-order valence-electron chi connectivity index (χ0n) is 13.6. The van der Waals surface area contributed by atoms with Crippen molar-refractivity contribution in [1.82, 2.24) is 9.97 Å². The second-order valence-electron chi connectivity index (χ2n) is 5.29. The van der Waals surface area contributed by atoms with Gasteiger partial charge in [-0.05, 0) is 49.2 Å². The summed E-state index contributed by atoms with van der Waals surface area (Å²) in [5.74, 6) is -0.141. The standard InChI is InChI=1S/C17H16N4O3S/c1-10-11(2)25-17-15(10)16(18-9-19-17)21-20-7-12-3-5-13(6-4-12)24-8-14(22)23/h3-7,9H,8H2,1-2H3,(H,22,23)(H,18,19,21)/p-1/b20-7-. The Hall–Kier alpha value is -3.00. The molecule has 0 radical (unpaired) electrons. The van der Waals surface area contributed by atoms with E-state index in [0.717, 1.165) is 21.3 Å². The van der Waals surface area contributed by atoms with E-state index in [1.807, 2.05) is 6.92 Å². The van der Waals surface area contributed by atoms with Crippen LogP contribution in [0.15, 0.2) is 35.7 Å². The van der Waals surface area contributed by atoms with Gasteiger partial charge < -0.3 is 14.6 Å². The zero-order valence-corrected chi connectivity index (χ0v) is 14.5. The van der Waals surface area contributed by atoms with Crippen LogP contribution in [0.1, 0.15) is 16.0 Å². The van der Waals surface area contributed by atoms with Gasteiger partial charge in [-0.15, -0.1) is 11.3 Å². The summed E-state index contributed by atoms with van der Waals surface area (Å²) in [5.41, 5.74) is 4.93. The number of aryl methyl sites for hydroxylation is 2. The molecule has 0 aliphatic carbocycles. The fourth-order valence-corrected chi connectivity index (χ4v) is 3.22. The molecule has 0 bridgehead atoms. The van der Waals surface area contributed by atoms with Crippen LogP contribution in [-0.4, -0.2) is 28.8 Å². The summed E-state index contributed by atoms with van der Waals surface area (Å²) in [4.78, 5) is 21.0. The Kier molecular flexibility index (Phi) is 4.90. The molecule has 0 spiro atoms. The highest BCUT2D eigenvalue weighted by atomic mass is 32.1. The van der Waals surface area contributed by atoms with Crippen LogP contribution in [0.4, 0.5) is 5.82 Å². The van der Waals surface area contributed by atoms with Crippen molar-refractivity contribution in [2.75, 3.05) is 12.0 Å². The van der Waals surface area contributed by atoms with Crippen LogP contribution >= 0.6 is 11.3 Å². The fraction of sp³-hybridized carbons (Fsp3) is 0.176. The molecule has 0 aliphatic heterocycles. The molecule has 0 saturated heterocycles. The molecule has 1 N–H and O–H groups in total. The van der Waals surface area contributed by atoms with Gasteiger partial charge in [-0.2, -0.15) is 5.10 Å². The second kappa shape index (κ2) is 7.27. The summed E-state index contributed by atoms with van der Waals surface area (Å²) in [7, 11) is 0. The van der Waals surface area contributed by atoms with Gasteiger partial charge in [0.15, 0.2) is 5.82 Å². The van der Waals surface area contributed by atoms with E-state index in [0.29, 0.717) is 11.6 Å². The fourth-order valence-electron chi connectivity index (χ4n) is 2.23. The van der Waals surface area contributed by atoms with Gasteiger partial charge in [-0.1, -0.05) is 0 Å². The first-order valence-electron chi connectivity index (χ1n) is 7.47. The number of hydrogen-bond acceptors (Lipinski definition) is 8. The Bertz CT molecular complexity index is 935. The second-order valence-corrected chi connectivity index (χ2v) is 6.49. The first-order valence-corrected chi connectivity index (χ1v) is 8.28. The Balaban J connectivity index is 1.70. The minimum atomic E-state index is -1.26. The smallest absolute Gasteiger partial charge is 0.158 e. The molecule has 3 rings (SSSR count). The zero-order chi connectivity index (χ0) is 17.8. The van der Waals surface area contributed by atoms with Gasteiger partial charge in [0.2, 0.25) is 0 Å². The highest BCUT2D eigenvalue weighted by Crippen LogP contribution is 2.32. The van der Waals surface area contributed by atoms with Crippen LogP contribution in [0.5, 0.6) is 5.75 Å². The number of aromatic nitrogens is 2. The van der Waals surface area contributed by atoms with Gasteiger partial charge in [-0.25, -0.2) is 9.97 Å². The van der Waals surface area contributed by atoms with Crippen molar-refractivity contribution in [3.8, 4) is 5.75 Å². The molecule has 3 aromatic rings. The molecule has 0 amide bonds. The lowest BCUT2D eigenvalue weighted by molar-refractivity contribution is -0.307. The summed E-state index contributed by atoms with van der Waals surface area (Å²) >= 11 is 1.63. The number of anilines is 1. The molecular weight excluding hydrogens is 340 g/mol. The molecule has 0 atom stereocenters. The summed E-state index contributed by atoms with van der Waals surface area (Å²) in [5, 5.41) is 15.5. The van der Waals surface area contributed by atoms with Gasteiger partial charge in [-0.3, -0.25) is 5.43 Å². The number of ether oxygens (including phenoxy) is 1. The molecule has 7 nitrogen and oxygen atoms in total. The van der Waals surface area contributed by atoms with Crippen molar-refractivity contribution < 1.29 is 14.6 Å². The van der Waals surface area contributed by atoms with Gasteiger partial charge in [0.05, 0.1) is 17.6 Å². The van der Waals surface area contributed by atoms with Crippen LogP contribution in [0.3, 0.4) is 0 Å². The maximum absolute atomic E-state index is 10.4. The number of nitrogens with zero attached hydrogens (tertiary/aromatic N) is 3. The van der Waals surface area contributed by atoms with E-state index in [1.165, 1.54) is 11.2 Å². The Morgan fingerprint density at radius 3 is 2.80 bits per heavy atom. The van der Waals surface area contributed by atoms with Gasteiger partial charge in [0.1, 0.15) is 23.5 Å². The molecule has 2 aromatic heterocycles. The molecule has 0 fully saturated rings. The van der Waals surface area contributed by atoms with E-state index in [2.05, 4.69) is 27.4 Å². The minimum absolute atomic E-state index is 0.455. The number of nitrogens with one attached hydrogen (secondary N) is 1. The molecule has 8 heteroatoms. The van der Waals surface area contributed by atoms with E-state index in [1.54, 1.807) is 41.8 Å². The average molecular weight is 355 g/mol. The highest BCUT2D eigenvalue weighted by molar-refractivity contribution is 7.18. The largest absolute Gasteiger partial charge is 0.546 e. The van der Waals surface area contributed by atoms with Crippen LogP contribution in [-0.2, 0) is 4.79 Å². The van der Waals surface area contributed by atoms with Crippen LogP contribution < -0.4 is 15.3 Å². The van der Waals surface area contributed by atoms with Gasteiger partial charge in [0.25, 0.3) is 0 Å². The Morgan fingerprint density at radius 1 is 1.32 bits per heavy atom. The number of rotatable bonds is 6. The number of carbonyl (C=O) groups is 1. The third-order valence-electron chi connectivity index (χ3n) is 3.59. The first kappa shape index (κ1) is 16.8. The lowest BCUT2D eigenvalue weighted by atomic mass is 10.2. The van der Waals surface area contributed by atoms with Gasteiger partial charge in [0, 0.05) is 4.88 Å². The van der Waals surface area contributed by atoms with Crippen molar-refractivity contribution in [3.05, 3.63) is 46.6 Å². The Labute approximate surface area is 148 Å². The monoisotopic (exact) mass is 355 g/mol. The number of hydrogen-bond donors (Lipinski definition) is 1. The molecule has 0 aliphatic rings. The summed E-state index contributed by atoms with van der Waals surface area (Å²) in [6, 6.07) is 6.87. The number of thiophene rings is 1. The summed E-state index contributed by atoms with van der Waals surface area (Å²) in [6.07, 6.45) is 3.16. The van der Waals surface area contributed by atoms with Crippen LogP contribution in [0, 0.1) is 13.8 Å². The van der Waals surface area contributed by atoms with Crippen LogP contribution in [0.25, 0.3) is 10.2 Å². The SMILES string of the molecule is Cc1sc2ncnc(N/N=C\c3ccc(OCC(=O)[O-])cc3)c2c1C. The third kappa shape index (κ3) is 3.92. The van der Waals surface area contributed by atoms with Crippen molar-refractivity contribution in [1.29, 1.82) is 0 Å². The quantitative estimate of drug-likeness (QED) is 0.535. The maximum atomic E-state index is 10.4. The summed E-state index contributed by atoms with van der Waals surface area (Å²) in [6.45, 7) is 3.62. The highest BCUT2D eigenvalue weighted by Gasteiger charge is 2.11. The minimum Gasteiger partial charge on any atom is -0.546 e. The molecule has 128 valence electrons. The lowest BCUT2D eigenvalue weighted by Gasteiger charge is -2.06. The van der Waals surface area contributed by atoms with Crippen molar-refractivity contribution in [3.63, 3.8) is 0 Å². The number of carbonyl (C=O) groups excluding carboxylic acids is 1. The Morgan fingerprint density at radius 2 is 2.08 bits per heavy atom. The molecule has 0 unspecified atom stereocenters. The number of aliphatic carboxylic acids is 1. The van der Waals surface area contributed by atoms with Crippen molar-refractivity contribution in [2.45, 2.75) is 13.8 Å². The van der Waals surface area contributed by atoms with E-state index < -0.39 is 12.6 Å². The van der Waals surface area contributed by atoms with Crippen LogP contribution in [0.2, 0.25) is 0 Å². The maximum Gasteiger partial charge on any atom is 0.158 e. The van der Waals surface area contributed by atoms with Crippen molar-refractivity contribution >= 4 is 39.6 Å². The first-order chi connectivity index (χ1) is 12.0. The molecule has 0 saturated carbocycles. The van der Waals surface area contributed by atoms with E-state index in [4.69, 9.17) is 4.74 Å². The third-order valence-corrected chi connectivity index (χ3v) is 4.70. The number of fused-ring (bicyclic) bond motifs is 1. The summed E-state index contributed by atoms with van der Waals surface area (Å²) < 4.78 is 5.02. The predicted octanol–water partition coefficient (Wildman–Crippen LogP) is 1.88. The van der Waals surface area contributed by atoms with E-state index in [-0.39, 0.29) is 0 Å². The van der Waals surface area contributed by atoms with E-state index >= 15 is 0 Å². The van der Waals surface area contributed by atoms with E-state index in [9.17, 15) is 9.90 Å². The number of benzene rings is 1. The lowest BCUT2D eigenvalue weighted by Crippen LogP contribution is -2.28. The number of carboxylic acids is 1. The molecule has 1 aromatic carbocycles.